The molecule has 0 fully saturated rings. The van der Waals surface area contributed by atoms with E-state index >= 15 is 0 Å². The van der Waals surface area contributed by atoms with Crippen LogP contribution in [0.3, 0.4) is 0 Å². The molecule has 0 aromatic carbocycles. The van der Waals surface area contributed by atoms with Crippen LogP contribution in [0.1, 0.15) is 33.6 Å². The quantitative estimate of drug-likeness (QED) is 0.470. The summed E-state index contributed by atoms with van der Waals surface area (Å²) in [5.74, 6) is -0.668. The molecule has 0 bridgehead atoms. The van der Waals surface area contributed by atoms with E-state index in [1.165, 1.54) is 13.8 Å². The molecule has 5 heteroatoms. The van der Waals surface area contributed by atoms with E-state index in [1.807, 2.05) is 0 Å². The van der Waals surface area contributed by atoms with Gasteiger partial charge in [-0.25, -0.2) is 0 Å². The molecule has 124 valence electrons. The van der Waals surface area contributed by atoms with Crippen LogP contribution in [0.15, 0.2) is 38.0 Å². The third kappa shape index (κ3) is 6.26. The lowest BCUT2D eigenvalue weighted by molar-refractivity contribution is -0.163. The minimum Gasteiger partial charge on any atom is -0.457 e. The van der Waals surface area contributed by atoms with Gasteiger partial charge in [0.1, 0.15) is 0 Å². The Balaban J connectivity index is 5.68. The van der Waals surface area contributed by atoms with E-state index in [2.05, 4.69) is 25.1 Å². The highest BCUT2D eigenvalue weighted by molar-refractivity contribution is 5.74. The molecule has 0 aliphatic heterocycles. The Hall–Kier alpha value is -1.88. The zero-order valence-electron chi connectivity index (χ0n) is 13.8. The van der Waals surface area contributed by atoms with Gasteiger partial charge in [-0.3, -0.25) is 9.59 Å². The highest BCUT2D eigenvalue weighted by Crippen LogP contribution is 2.28. The number of ether oxygens (including phenoxy) is 2. The first-order valence-electron chi connectivity index (χ1n) is 7.23. The Morgan fingerprint density at radius 3 is 2.05 bits per heavy atom. The highest BCUT2D eigenvalue weighted by Gasteiger charge is 2.43. The zero-order valence-corrected chi connectivity index (χ0v) is 13.8. The Kier molecular flexibility index (Phi) is 9.10. The number of rotatable bonds is 11. The third-order valence-corrected chi connectivity index (χ3v) is 3.18. The predicted molar refractivity (Wildman–Crippen MR) is 87.3 cm³/mol. The van der Waals surface area contributed by atoms with Crippen molar-refractivity contribution in [3.05, 3.63) is 38.0 Å². The van der Waals surface area contributed by atoms with Crippen molar-refractivity contribution in [1.29, 1.82) is 0 Å². The van der Waals surface area contributed by atoms with Crippen molar-refractivity contribution >= 4 is 11.9 Å². The summed E-state index contributed by atoms with van der Waals surface area (Å²) in [6.45, 7) is 15.9. The minimum atomic E-state index is -0.846. The molecule has 0 saturated heterocycles. The van der Waals surface area contributed by atoms with Gasteiger partial charge in [0.2, 0.25) is 5.91 Å². The average Bonchev–Trinajstić information content (AvgIpc) is 2.41. The van der Waals surface area contributed by atoms with Crippen LogP contribution >= 0.6 is 0 Å². The Morgan fingerprint density at radius 2 is 1.68 bits per heavy atom. The van der Waals surface area contributed by atoms with Crippen molar-refractivity contribution in [2.45, 2.75) is 51.4 Å². The van der Waals surface area contributed by atoms with Crippen molar-refractivity contribution in [3.8, 4) is 0 Å². The summed E-state index contributed by atoms with van der Waals surface area (Å²) in [4.78, 5) is 23.2. The van der Waals surface area contributed by atoms with Crippen LogP contribution in [0.25, 0.3) is 0 Å². The molecule has 2 atom stereocenters. The smallest absolute Gasteiger partial charge is 0.303 e. The topological polar surface area (TPSA) is 64.6 Å². The molecule has 0 aliphatic carbocycles. The largest absolute Gasteiger partial charge is 0.457 e. The van der Waals surface area contributed by atoms with Crippen molar-refractivity contribution < 1.29 is 19.1 Å². The second-order valence-corrected chi connectivity index (χ2v) is 5.18. The maximum Gasteiger partial charge on any atom is 0.303 e. The van der Waals surface area contributed by atoms with E-state index < -0.39 is 23.7 Å². The average molecular weight is 309 g/mol. The highest BCUT2D eigenvalue weighted by atomic mass is 16.6. The maximum atomic E-state index is 11.7. The van der Waals surface area contributed by atoms with Gasteiger partial charge < -0.3 is 14.8 Å². The summed E-state index contributed by atoms with van der Waals surface area (Å²) in [5.41, 5.74) is -0.846. The van der Waals surface area contributed by atoms with Crippen LogP contribution in [0.2, 0.25) is 0 Å². The third-order valence-electron chi connectivity index (χ3n) is 3.18. The van der Waals surface area contributed by atoms with Crippen LogP contribution in [-0.4, -0.2) is 36.2 Å². The van der Waals surface area contributed by atoms with E-state index in [0.717, 1.165) is 0 Å². The van der Waals surface area contributed by atoms with E-state index in [4.69, 9.17) is 9.47 Å². The summed E-state index contributed by atoms with van der Waals surface area (Å²) in [6, 6.07) is 0. The standard InChI is InChI=1S/C17H27NO4/c1-7-10-17(11-8-2,18-14(5)19)16(22-15(6)20)13(4)21-12-9-3/h7-9,13,16H,1-3,10-12H2,4-6H3,(H,18,19)/t13-,16+/m0/s1. The van der Waals surface area contributed by atoms with Gasteiger partial charge in [0.25, 0.3) is 0 Å². The van der Waals surface area contributed by atoms with Crippen molar-refractivity contribution in [2.24, 2.45) is 0 Å². The number of esters is 1. The van der Waals surface area contributed by atoms with E-state index in [1.54, 1.807) is 25.2 Å². The molecule has 1 amide bonds. The Bertz CT molecular complexity index is 407. The summed E-state index contributed by atoms with van der Waals surface area (Å²) in [6.07, 6.45) is 4.68. The fourth-order valence-electron chi connectivity index (χ4n) is 2.50. The lowest BCUT2D eigenvalue weighted by Gasteiger charge is -2.42. The summed E-state index contributed by atoms with van der Waals surface area (Å²) in [7, 11) is 0. The van der Waals surface area contributed by atoms with Crippen molar-refractivity contribution in [3.63, 3.8) is 0 Å². The molecule has 22 heavy (non-hydrogen) atoms. The molecular weight excluding hydrogens is 282 g/mol. The monoisotopic (exact) mass is 309 g/mol. The number of nitrogens with one attached hydrogen (secondary N) is 1. The van der Waals surface area contributed by atoms with E-state index in [9.17, 15) is 9.59 Å². The summed E-state index contributed by atoms with van der Waals surface area (Å²) < 4.78 is 11.1. The van der Waals surface area contributed by atoms with Gasteiger partial charge in [-0.15, -0.1) is 19.7 Å². The van der Waals surface area contributed by atoms with Crippen LogP contribution in [-0.2, 0) is 19.1 Å². The maximum absolute atomic E-state index is 11.7. The molecule has 0 aromatic rings. The number of hydrogen-bond donors (Lipinski definition) is 1. The Labute approximate surface area is 133 Å². The van der Waals surface area contributed by atoms with E-state index in [0.29, 0.717) is 19.4 Å². The molecular formula is C17H27NO4. The number of carbonyl (C=O) groups excluding carboxylic acids is 2. The van der Waals surface area contributed by atoms with Crippen LogP contribution in [0, 0.1) is 0 Å². The van der Waals surface area contributed by atoms with Crippen LogP contribution < -0.4 is 5.32 Å². The van der Waals surface area contributed by atoms with Crippen LogP contribution in [0.5, 0.6) is 0 Å². The van der Waals surface area contributed by atoms with Gasteiger partial charge in [-0.1, -0.05) is 18.2 Å². The normalized spacial score (nSPS) is 13.6. The summed E-state index contributed by atoms with van der Waals surface area (Å²) >= 11 is 0. The first-order valence-corrected chi connectivity index (χ1v) is 7.23. The lowest BCUT2D eigenvalue weighted by Crippen LogP contribution is -2.60. The molecule has 1 N–H and O–H groups in total. The first-order chi connectivity index (χ1) is 10.3. The van der Waals surface area contributed by atoms with Gasteiger partial charge in [0.05, 0.1) is 18.2 Å². The van der Waals surface area contributed by atoms with Crippen molar-refractivity contribution in [1.82, 2.24) is 5.32 Å². The Morgan fingerprint density at radius 1 is 1.14 bits per heavy atom. The fraction of sp³-hybridized carbons (Fsp3) is 0.529. The van der Waals surface area contributed by atoms with Gasteiger partial charge in [0, 0.05) is 13.8 Å². The molecule has 0 heterocycles. The molecule has 0 saturated carbocycles. The lowest BCUT2D eigenvalue weighted by atomic mass is 9.82. The first kappa shape index (κ1) is 20.1. The second kappa shape index (κ2) is 9.95. The molecule has 0 spiro atoms. The van der Waals surface area contributed by atoms with Gasteiger partial charge in [-0.2, -0.15) is 0 Å². The number of hydrogen-bond acceptors (Lipinski definition) is 4. The van der Waals surface area contributed by atoms with E-state index in [-0.39, 0.29) is 5.91 Å². The van der Waals surface area contributed by atoms with Crippen LogP contribution in [0.4, 0.5) is 0 Å². The minimum absolute atomic E-state index is 0.225. The zero-order chi connectivity index (χ0) is 17.2. The molecule has 0 radical (unpaired) electrons. The molecule has 5 nitrogen and oxygen atoms in total. The molecule has 0 aliphatic rings. The molecule has 0 aromatic heterocycles. The van der Waals surface area contributed by atoms with Gasteiger partial charge >= 0.3 is 5.97 Å². The second-order valence-electron chi connectivity index (χ2n) is 5.18. The van der Waals surface area contributed by atoms with Gasteiger partial charge in [-0.05, 0) is 19.8 Å². The predicted octanol–water partition coefficient (Wildman–Crippen LogP) is 2.54. The fourth-order valence-corrected chi connectivity index (χ4v) is 2.50. The summed E-state index contributed by atoms with van der Waals surface area (Å²) in [5, 5.41) is 2.89. The number of carbonyl (C=O) groups is 2. The number of amides is 1. The SMILES string of the molecule is C=CCO[C@@H](C)[C@@H](OC(C)=O)C(CC=C)(CC=C)NC(C)=O. The molecule has 0 unspecified atom stereocenters. The van der Waals surface area contributed by atoms with Gasteiger partial charge in [0.15, 0.2) is 6.10 Å². The van der Waals surface area contributed by atoms with Crippen molar-refractivity contribution in [2.75, 3.05) is 6.61 Å². The molecule has 0 rings (SSSR count).